The highest BCUT2D eigenvalue weighted by Gasteiger charge is 2.31. The Morgan fingerprint density at radius 3 is 1.63 bits per heavy atom. The number of hydrogen-bond donors (Lipinski definition) is 1. The van der Waals surface area contributed by atoms with Crippen LogP contribution in [0.5, 0.6) is 5.75 Å². The van der Waals surface area contributed by atoms with E-state index in [-0.39, 0.29) is 34.3 Å². The molecule has 1 unspecified atom stereocenters. The minimum atomic E-state index is -0.328. The van der Waals surface area contributed by atoms with Crippen LogP contribution >= 0.6 is 0 Å². The van der Waals surface area contributed by atoms with Crippen molar-refractivity contribution in [3.63, 3.8) is 0 Å². The second kappa shape index (κ2) is 18.2. The number of aromatic nitrogens is 3. The Morgan fingerprint density at radius 2 is 1.07 bits per heavy atom. The first-order valence-corrected chi connectivity index (χ1v) is 24.3. The largest absolute Gasteiger partial charge is 0.507 e. The molecule has 9 rings (SSSR count). The van der Waals surface area contributed by atoms with Gasteiger partial charge >= 0.3 is 0 Å². The molecule has 2 heterocycles. The number of imidazole rings is 1. The van der Waals surface area contributed by atoms with Gasteiger partial charge in [0.25, 0.3) is 0 Å². The van der Waals surface area contributed by atoms with Gasteiger partial charge in [-0.2, -0.15) is 0 Å². The standard InChI is InChI=1S/C64H65N3O/c1-40(2)53-35-48(45-26-19-14-20-27-45)36-54(41(3)4)60(53)67-58-29-21-28-52(59(58)66-62(67)55-37-51(63(6,7)8)38-56(61(55)68)64(9,10)11)49-32-47(42(5)43-22-15-12-16-23-43)33-50(34-49)57-31-30-46(39-65-57)44-24-17-13-18-25-44/h12-42,68H,1-11H3. The third kappa shape index (κ3) is 8.93. The third-order valence-electron chi connectivity index (χ3n) is 13.7. The van der Waals surface area contributed by atoms with Crippen LogP contribution in [0.1, 0.15) is 127 Å². The molecular weight excluding hydrogens is 827 g/mol. The first kappa shape index (κ1) is 46.1. The fourth-order valence-electron chi connectivity index (χ4n) is 9.67. The number of benzene rings is 7. The molecule has 0 saturated carbocycles. The molecule has 0 radical (unpaired) electrons. The summed E-state index contributed by atoms with van der Waals surface area (Å²) in [6.45, 7) is 24.7. The molecule has 0 aliphatic carbocycles. The summed E-state index contributed by atoms with van der Waals surface area (Å²) < 4.78 is 2.38. The molecule has 0 saturated heterocycles. The number of phenols is 1. The van der Waals surface area contributed by atoms with E-state index < -0.39 is 0 Å². The number of hydrogen-bond acceptors (Lipinski definition) is 3. The molecule has 0 aliphatic rings. The van der Waals surface area contributed by atoms with Crippen LogP contribution in [-0.2, 0) is 10.8 Å². The van der Waals surface area contributed by atoms with Crippen molar-refractivity contribution in [2.75, 3.05) is 0 Å². The van der Waals surface area contributed by atoms with E-state index in [0.717, 1.165) is 72.7 Å². The molecule has 0 amide bonds. The second-order valence-corrected chi connectivity index (χ2v) is 21.3. The zero-order chi connectivity index (χ0) is 48.1. The summed E-state index contributed by atoms with van der Waals surface area (Å²) in [5, 5.41) is 12.7. The van der Waals surface area contributed by atoms with Gasteiger partial charge in [0.15, 0.2) is 0 Å². The fraction of sp³-hybridized carbons (Fsp3) is 0.250. The number of nitrogens with zero attached hydrogens (tertiary/aromatic N) is 3. The van der Waals surface area contributed by atoms with E-state index in [2.05, 4.69) is 238 Å². The van der Waals surface area contributed by atoms with Crippen LogP contribution in [0.2, 0.25) is 0 Å². The average molecular weight is 892 g/mol. The monoisotopic (exact) mass is 892 g/mol. The number of fused-ring (bicyclic) bond motifs is 1. The predicted molar refractivity (Wildman–Crippen MR) is 287 cm³/mol. The van der Waals surface area contributed by atoms with Gasteiger partial charge in [-0.1, -0.05) is 197 Å². The van der Waals surface area contributed by atoms with E-state index in [4.69, 9.17) is 9.97 Å². The van der Waals surface area contributed by atoms with Gasteiger partial charge in [-0.3, -0.25) is 9.55 Å². The second-order valence-electron chi connectivity index (χ2n) is 21.3. The lowest BCUT2D eigenvalue weighted by Crippen LogP contribution is -2.17. The van der Waals surface area contributed by atoms with Crippen molar-refractivity contribution in [3.05, 3.63) is 203 Å². The van der Waals surface area contributed by atoms with Crippen LogP contribution in [0, 0.1) is 0 Å². The van der Waals surface area contributed by atoms with Crippen LogP contribution in [0.15, 0.2) is 170 Å². The van der Waals surface area contributed by atoms with Crippen molar-refractivity contribution in [1.29, 1.82) is 0 Å². The van der Waals surface area contributed by atoms with Gasteiger partial charge in [0.05, 0.1) is 28.0 Å². The summed E-state index contributed by atoms with van der Waals surface area (Å²) in [4.78, 5) is 10.9. The molecule has 7 aromatic carbocycles. The van der Waals surface area contributed by atoms with E-state index in [1.54, 1.807) is 0 Å². The van der Waals surface area contributed by atoms with Crippen LogP contribution in [-0.4, -0.2) is 19.6 Å². The predicted octanol–water partition coefficient (Wildman–Crippen LogP) is 17.5. The van der Waals surface area contributed by atoms with Crippen molar-refractivity contribution < 1.29 is 5.11 Å². The van der Waals surface area contributed by atoms with Crippen molar-refractivity contribution in [3.8, 4) is 67.5 Å². The Kier molecular flexibility index (Phi) is 12.3. The highest BCUT2D eigenvalue weighted by molar-refractivity contribution is 5.97. The quantitative estimate of drug-likeness (QED) is 0.149. The normalized spacial score (nSPS) is 12.6. The number of phenolic OH excluding ortho intramolecular Hbond substituents is 1. The molecule has 9 aromatic rings. The number of aromatic hydroxyl groups is 1. The maximum Gasteiger partial charge on any atom is 0.149 e. The molecule has 0 bridgehead atoms. The summed E-state index contributed by atoms with van der Waals surface area (Å²) >= 11 is 0. The molecule has 2 aromatic heterocycles. The Hall–Kier alpha value is -7.04. The van der Waals surface area contributed by atoms with Gasteiger partial charge in [0.2, 0.25) is 0 Å². The molecule has 68 heavy (non-hydrogen) atoms. The van der Waals surface area contributed by atoms with E-state index in [1.807, 2.05) is 12.3 Å². The van der Waals surface area contributed by atoms with Gasteiger partial charge in [-0.05, 0) is 115 Å². The topological polar surface area (TPSA) is 50.9 Å². The lowest BCUT2D eigenvalue weighted by Gasteiger charge is -2.28. The van der Waals surface area contributed by atoms with Crippen molar-refractivity contribution in [1.82, 2.24) is 14.5 Å². The minimum Gasteiger partial charge on any atom is -0.507 e. The molecule has 4 heteroatoms. The average Bonchev–Trinajstić information content (AvgIpc) is 3.72. The summed E-state index contributed by atoms with van der Waals surface area (Å²) in [5.74, 6) is 1.47. The molecule has 1 N–H and O–H groups in total. The lowest BCUT2D eigenvalue weighted by atomic mass is 9.78. The summed E-state index contributed by atoms with van der Waals surface area (Å²) in [6.07, 6.45) is 1.98. The third-order valence-corrected chi connectivity index (χ3v) is 13.7. The van der Waals surface area contributed by atoms with Gasteiger partial charge in [-0.25, -0.2) is 4.98 Å². The first-order valence-electron chi connectivity index (χ1n) is 24.3. The maximum atomic E-state index is 12.7. The Bertz CT molecular complexity index is 3210. The molecule has 342 valence electrons. The van der Waals surface area contributed by atoms with E-state index >= 15 is 0 Å². The fourth-order valence-corrected chi connectivity index (χ4v) is 9.67. The number of rotatable bonds is 10. The van der Waals surface area contributed by atoms with E-state index in [9.17, 15) is 5.11 Å². The molecule has 1 atom stereocenters. The van der Waals surface area contributed by atoms with Gasteiger partial charge in [-0.15, -0.1) is 0 Å². The Balaban J connectivity index is 1.36. The minimum absolute atomic E-state index is 0.115. The van der Waals surface area contributed by atoms with Crippen LogP contribution in [0.3, 0.4) is 0 Å². The van der Waals surface area contributed by atoms with Crippen molar-refractivity contribution >= 4 is 11.0 Å². The molecule has 0 aliphatic heterocycles. The highest BCUT2D eigenvalue weighted by Crippen LogP contribution is 2.47. The van der Waals surface area contributed by atoms with Gasteiger partial charge < -0.3 is 5.11 Å². The van der Waals surface area contributed by atoms with E-state index in [0.29, 0.717) is 0 Å². The van der Waals surface area contributed by atoms with Gasteiger partial charge in [0.1, 0.15) is 11.6 Å². The first-order chi connectivity index (χ1) is 32.5. The van der Waals surface area contributed by atoms with Crippen molar-refractivity contribution in [2.24, 2.45) is 0 Å². The van der Waals surface area contributed by atoms with E-state index in [1.165, 1.54) is 33.4 Å². The summed E-state index contributed by atoms with van der Waals surface area (Å²) in [7, 11) is 0. The molecule has 4 nitrogen and oxygen atoms in total. The SMILES string of the molecule is CC(C)c1cc(-c2ccccc2)cc(C(C)C)c1-n1c(-c2cc(C(C)(C)C)cc(C(C)(C)C)c2O)nc2c(-c3cc(-c4ccc(-c5ccccc5)cn4)cc(C(C)c4ccccc4)c3)cccc21. The summed E-state index contributed by atoms with van der Waals surface area (Å²) in [5.41, 5.74) is 18.8. The lowest BCUT2D eigenvalue weighted by molar-refractivity contribution is 0.446. The molecule has 0 fully saturated rings. The van der Waals surface area contributed by atoms with Gasteiger partial charge in [0, 0.05) is 34.4 Å². The zero-order valence-corrected chi connectivity index (χ0v) is 41.7. The zero-order valence-electron chi connectivity index (χ0n) is 41.7. The highest BCUT2D eigenvalue weighted by atomic mass is 16.3. The summed E-state index contributed by atoms with van der Waals surface area (Å²) in [6, 6.07) is 58.9. The van der Waals surface area contributed by atoms with Crippen LogP contribution < -0.4 is 0 Å². The number of para-hydroxylation sites is 1. The Morgan fingerprint density at radius 1 is 0.485 bits per heavy atom. The maximum absolute atomic E-state index is 12.7. The van der Waals surface area contributed by atoms with Crippen LogP contribution in [0.4, 0.5) is 0 Å². The van der Waals surface area contributed by atoms with Crippen LogP contribution in [0.25, 0.3) is 72.7 Å². The smallest absolute Gasteiger partial charge is 0.149 e. The molecule has 0 spiro atoms. The molecular formula is C64H65N3O. The van der Waals surface area contributed by atoms with Crippen molar-refractivity contribution in [2.45, 2.75) is 105 Å². The number of pyridine rings is 1. The Labute approximate surface area is 404 Å².